The largest absolute Gasteiger partial charge is 0.497 e. The van der Waals surface area contributed by atoms with Crippen molar-refractivity contribution in [3.05, 3.63) is 64.4 Å². The minimum Gasteiger partial charge on any atom is -0.497 e. The molecule has 7 heteroatoms. The fourth-order valence-electron chi connectivity index (χ4n) is 4.41. The lowest BCUT2D eigenvalue weighted by Crippen LogP contribution is -2.48. The number of benzene rings is 2. The average molecular weight is 436 g/mol. The highest BCUT2D eigenvalue weighted by atomic mass is 16.5. The van der Waals surface area contributed by atoms with Gasteiger partial charge in [-0.1, -0.05) is 24.3 Å². The van der Waals surface area contributed by atoms with Gasteiger partial charge in [0.2, 0.25) is 0 Å². The van der Waals surface area contributed by atoms with Gasteiger partial charge in [-0.15, -0.1) is 0 Å². The van der Waals surface area contributed by atoms with E-state index in [9.17, 15) is 9.59 Å². The molecular weight excluding hydrogens is 406 g/mol. The molecule has 0 bridgehead atoms. The van der Waals surface area contributed by atoms with Crippen LogP contribution in [0.25, 0.3) is 10.9 Å². The molecule has 1 fully saturated rings. The van der Waals surface area contributed by atoms with Crippen LogP contribution in [0.15, 0.2) is 53.3 Å². The Morgan fingerprint density at radius 2 is 1.69 bits per heavy atom. The van der Waals surface area contributed by atoms with Crippen LogP contribution in [-0.4, -0.2) is 50.4 Å². The van der Waals surface area contributed by atoms with Crippen molar-refractivity contribution in [2.24, 2.45) is 0 Å². The number of fused-ring (bicyclic) bond motifs is 1. The first-order valence-electron chi connectivity index (χ1n) is 11.1. The van der Waals surface area contributed by atoms with Gasteiger partial charge in [-0.25, -0.2) is 4.79 Å². The first kappa shape index (κ1) is 21.7. The summed E-state index contributed by atoms with van der Waals surface area (Å²) in [5, 5.41) is 0.895. The lowest BCUT2D eigenvalue weighted by Gasteiger charge is -2.38. The highest BCUT2D eigenvalue weighted by Gasteiger charge is 2.28. The molecule has 0 N–H and O–H groups in total. The summed E-state index contributed by atoms with van der Waals surface area (Å²) in [6.45, 7) is 7.27. The van der Waals surface area contributed by atoms with Crippen LogP contribution < -0.4 is 20.1 Å². The number of methoxy groups -OCH3 is 1. The molecule has 1 saturated heterocycles. The molecule has 0 saturated carbocycles. The number of ether oxygens (including phenoxy) is 2. The summed E-state index contributed by atoms with van der Waals surface area (Å²) < 4.78 is 12.3. The number of aromatic nitrogens is 1. The number of hydrogen-bond acceptors (Lipinski definition) is 6. The number of hydrogen-bond donors (Lipinski definition) is 0. The Bertz CT molecular complexity index is 1180. The maximum absolute atomic E-state index is 13.4. The van der Waals surface area contributed by atoms with Crippen molar-refractivity contribution in [2.45, 2.75) is 20.4 Å². The van der Waals surface area contributed by atoms with Crippen LogP contribution in [0.5, 0.6) is 5.75 Å². The van der Waals surface area contributed by atoms with Crippen LogP contribution in [0.1, 0.15) is 24.2 Å². The van der Waals surface area contributed by atoms with Gasteiger partial charge in [-0.3, -0.25) is 4.79 Å². The van der Waals surface area contributed by atoms with Crippen LogP contribution in [0, 0.1) is 0 Å². The molecule has 1 aromatic heterocycles. The number of aryl methyl sites for hydroxylation is 1. The number of anilines is 2. The molecule has 0 atom stereocenters. The summed E-state index contributed by atoms with van der Waals surface area (Å²) >= 11 is 0. The van der Waals surface area contributed by atoms with Crippen LogP contribution in [0.3, 0.4) is 0 Å². The Kier molecular flexibility index (Phi) is 6.35. The zero-order valence-corrected chi connectivity index (χ0v) is 18.8. The summed E-state index contributed by atoms with van der Waals surface area (Å²) in [5.41, 5.74) is 2.44. The van der Waals surface area contributed by atoms with Crippen molar-refractivity contribution in [3.63, 3.8) is 0 Å². The van der Waals surface area contributed by atoms with Gasteiger partial charge in [0, 0.05) is 49.9 Å². The average Bonchev–Trinajstić information content (AvgIpc) is 2.83. The number of carbonyl (C=O) groups excluding carboxylic acids is 1. The predicted octanol–water partition coefficient (Wildman–Crippen LogP) is 3.53. The number of esters is 1. The number of nitrogens with zero attached hydrogens (tertiary/aromatic N) is 3. The summed E-state index contributed by atoms with van der Waals surface area (Å²) in [7, 11) is 1.66. The molecule has 2 aromatic carbocycles. The zero-order chi connectivity index (χ0) is 22.7. The molecular formula is C25H29N3O4. The lowest BCUT2D eigenvalue weighted by molar-refractivity contribution is 0.0524. The van der Waals surface area contributed by atoms with Gasteiger partial charge in [0.25, 0.3) is 5.56 Å². The molecule has 0 amide bonds. The Hall–Kier alpha value is -3.48. The van der Waals surface area contributed by atoms with Crippen molar-refractivity contribution in [1.29, 1.82) is 0 Å². The topological polar surface area (TPSA) is 64.0 Å². The molecule has 0 radical (unpaired) electrons. The second-order valence-electron chi connectivity index (χ2n) is 7.69. The van der Waals surface area contributed by atoms with Gasteiger partial charge in [0.1, 0.15) is 11.3 Å². The van der Waals surface area contributed by atoms with E-state index >= 15 is 0 Å². The summed E-state index contributed by atoms with van der Waals surface area (Å²) in [6.07, 6.45) is 0. The molecule has 32 heavy (non-hydrogen) atoms. The zero-order valence-electron chi connectivity index (χ0n) is 18.8. The number of para-hydroxylation sites is 1. The monoisotopic (exact) mass is 435 g/mol. The van der Waals surface area contributed by atoms with Crippen molar-refractivity contribution >= 4 is 28.2 Å². The third-order valence-electron chi connectivity index (χ3n) is 5.96. The van der Waals surface area contributed by atoms with E-state index in [0.717, 1.165) is 35.4 Å². The third kappa shape index (κ3) is 3.90. The van der Waals surface area contributed by atoms with Gasteiger partial charge in [0.05, 0.1) is 24.9 Å². The molecule has 168 valence electrons. The molecule has 0 unspecified atom stereocenters. The minimum absolute atomic E-state index is 0.127. The lowest BCUT2D eigenvalue weighted by atomic mass is 10.1. The van der Waals surface area contributed by atoms with Gasteiger partial charge in [-0.05, 0) is 32.0 Å². The van der Waals surface area contributed by atoms with Gasteiger partial charge in [-0.2, -0.15) is 0 Å². The smallest absolute Gasteiger partial charge is 0.345 e. The predicted molar refractivity (Wildman–Crippen MR) is 127 cm³/mol. The van der Waals surface area contributed by atoms with E-state index in [1.165, 1.54) is 0 Å². The number of rotatable bonds is 6. The SMILES string of the molecule is CCOC(=O)c1c(N2CCN(c3cccc(OC)c3)CC2)c2ccccc2n(CC)c1=O. The third-order valence-corrected chi connectivity index (χ3v) is 5.96. The van der Waals surface area contributed by atoms with Crippen molar-refractivity contribution in [1.82, 2.24) is 4.57 Å². The second-order valence-corrected chi connectivity index (χ2v) is 7.69. The molecule has 0 aliphatic carbocycles. The van der Waals surface area contributed by atoms with Crippen molar-refractivity contribution in [3.8, 4) is 5.75 Å². The Morgan fingerprint density at radius 3 is 2.38 bits per heavy atom. The molecule has 1 aliphatic rings. The fraction of sp³-hybridized carbons (Fsp3) is 0.360. The minimum atomic E-state index is -0.560. The highest BCUT2D eigenvalue weighted by molar-refractivity contribution is 6.05. The van der Waals surface area contributed by atoms with E-state index in [2.05, 4.69) is 15.9 Å². The number of carbonyl (C=O) groups is 1. The van der Waals surface area contributed by atoms with Crippen LogP contribution in [0.2, 0.25) is 0 Å². The van der Waals surface area contributed by atoms with Crippen molar-refractivity contribution in [2.75, 3.05) is 49.7 Å². The number of pyridine rings is 1. The number of piperazine rings is 1. The summed E-state index contributed by atoms with van der Waals surface area (Å²) in [4.78, 5) is 30.7. The molecule has 0 spiro atoms. The first-order chi connectivity index (χ1) is 15.6. The standard InChI is InChI=1S/C25H29N3O4/c1-4-28-21-12-7-6-11-20(21)23(22(24(28)29)25(30)32-5-2)27-15-13-26(14-16-27)18-9-8-10-19(17-18)31-3/h6-12,17H,4-5,13-16H2,1-3H3. The fourth-order valence-corrected chi connectivity index (χ4v) is 4.41. The Morgan fingerprint density at radius 1 is 0.969 bits per heavy atom. The summed E-state index contributed by atoms with van der Waals surface area (Å²) in [6, 6.07) is 15.8. The maximum atomic E-state index is 13.4. The van der Waals surface area contributed by atoms with E-state index in [-0.39, 0.29) is 17.7 Å². The quantitative estimate of drug-likeness (QED) is 0.552. The van der Waals surface area contributed by atoms with Gasteiger partial charge < -0.3 is 23.8 Å². The molecule has 3 aromatic rings. The molecule has 1 aliphatic heterocycles. The highest BCUT2D eigenvalue weighted by Crippen LogP contribution is 2.31. The van der Waals surface area contributed by atoms with Gasteiger partial charge in [0.15, 0.2) is 0 Å². The van der Waals surface area contributed by atoms with E-state index in [1.807, 2.05) is 49.4 Å². The van der Waals surface area contributed by atoms with Crippen molar-refractivity contribution < 1.29 is 14.3 Å². The van der Waals surface area contributed by atoms with E-state index in [1.54, 1.807) is 18.6 Å². The van der Waals surface area contributed by atoms with Crippen LogP contribution in [0.4, 0.5) is 11.4 Å². The Balaban J connectivity index is 1.75. The maximum Gasteiger partial charge on any atom is 0.345 e. The molecule has 2 heterocycles. The van der Waals surface area contributed by atoms with E-state index < -0.39 is 5.97 Å². The molecule has 7 nitrogen and oxygen atoms in total. The first-order valence-corrected chi connectivity index (χ1v) is 11.1. The van der Waals surface area contributed by atoms with Gasteiger partial charge >= 0.3 is 5.97 Å². The normalized spacial score (nSPS) is 14.0. The van der Waals surface area contributed by atoms with Crippen LogP contribution in [-0.2, 0) is 11.3 Å². The summed E-state index contributed by atoms with van der Waals surface area (Å²) in [5.74, 6) is 0.263. The Labute approximate surface area is 187 Å². The van der Waals surface area contributed by atoms with E-state index in [0.29, 0.717) is 25.3 Å². The second kappa shape index (κ2) is 9.34. The van der Waals surface area contributed by atoms with Crippen LogP contribution >= 0.6 is 0 Å². The molecule has 4 rings (SSSR count). The van der Waals surface area contributed by atoms with E-state index in [4.69, 9.17) is 9.47 Å².